The summed E-state index contributed by atoms with van der Waals surface area (Å²) >= 11 is 0. The summed E-state index contributed by atoms with van der Waals surface area (Å²) in [5.41, 5.74) is 7.60. The number of guanidine groups is 1. The Morgan fingerprint density at radius 2 is 1.97 bits per heavy atom. The van der Waals surface area contributed by atoms with Crippen molar-refractivity contribution in [2.75, 3.05) is 19.7 Å². The van der Waals surface area contributed by atoms with E-state index >= 15 is 0 Å². The lowest BCUT2D eigenvalue weighted by Crippen LogP contribution is -2.45. The maximum absolute atomic E-state index is 13.2. The number of amides is 1. The third-order valence-corrected chi connectivity index (χ3v) is 5.98. The zero-order valence-corrected chi connectivity index (χ0v) is 19.5. The van der Waals surface area contributed by atoms with E-state index in [9.17, 15) is 19.5 Å². The number of fused-ring (bicyclic) bond motifs is 1. The largest absolute Gasteiger partial charge is 0.462 e. The van der Waals surface area contributed by atoms with Crippen molar-refractivity contribution >= 4 is 29.3 Å². The monoisotopic (exact) mass is 458 g/mol. The molecule has 1 aromatic rings. The average molecular weight is 459 g/mol. The second kappa shape index (κ2) is 11.3. The van der Waals surface area contributed by atoms with E-state index in [1.54, 1.807) is 41.8 Å². The fourth-order valence-corrected chi connectivity index (χ4v) is 4.37. The van der Waals surface area contributed by atoms with Crippen LogP contribution in [0.2, 0.25) is 0 Å². The van der Waals surface area contributed by atoms with Crippen LogP contribution >= 0.6 is 0 Å². The number of nitrogens with two attached hydrogens (primary N) is 1. The molecule has 0 bridgehead atoms. The molecular weight excluding hydrogens is 424 g/mol. The van der Waals surface area contributed by atoms with Crippen LogP contribution in [0.15, 0.2) is 23.2 Å². The van der Waals surface area contributed by atoms with Gasteiger partial charge in [-0.25, -0.2) is 4.99 Å². The van der Waals surface area contributed by atoms with Crippen molar-refractivity contribution < 1.29 is 24.2 Å². The number of nitrogens with zero attached hydrogens (tertiary/aromatic N) is 3. The predicted octanol–water partition coefficient (Wildman–Crippen LogP) is 2.13. The second-order valence-corrected chi connectivity index (χ2v) is 8.90. The smallest absolute Gasteiger partial charge is 0.325 e. The zero-order valence-electron chi connectivity index (χ0n) is 19.5. The molecule has 1 saturated carbocycles. The van der Waals surface area contributed by atoms with Gasteiger partial charge in [0.05, 0.1) is 11.8 Å². The standard InChI is InChI=1S/C24H34N4O5/c1-16(2)33-21(30)15-27-14-18-13-17(9-10-20(18)26-24(27)25)22(31)23(32)28(11-6-12-29)19-7-4-3-5-8-19/h9-10,13,16,19,29H,3-8,11-12,14-15H2,1-2H3,(H2,25,26). The van der Waals surface area contributed by atoms with Gasteiger partial charge in [0.2, 0.25) is 5.78 Å². The lowest BCUT2D eigenvalue weighted by Gasteiger charge is -2.34. The summed E-state index contributed by atoms with van der Waals surface area (Å²) in [6.07, 6.45) is 5.18. The van der Waals surface area contributed by atoms with Crippen LogP contribution in [0.5, 0.6) is 0 Å². The molecular formula is C24H34N4O5. The van der Waals surface area contributed by atoms with Crippen LogP contribution in [0.4, 0.5) is 5.69 Å². The van der Waals surface area contributed by atoms with Gasteiger partial charge in [-0.2, -0.15) is 0 Å². The first-order valence-corrected chi connectivity index (χ1v) is 11.7. The predicted molar refractivity (Wildman–Crippen MR) is 124 cm³/mol. The first-order chi connectivity index (χ1) is 15.8. The quantitative estimate of drug-likeness (QED) is 0.330. The maximum atomic E-state index is 13.2. The molecule has 1 amide bonds. The van der Waals surface area contributed by atoms with Crippen LogP contribution in [0, 0.1) is 0 Å². The topological polar surface area (TPSA) is 126 Å². The van der Waals surface area contributed by atoms with E-state index in [0.717, 1.165) is 32.1 Å². The van der Waals surface area contributed by atoms with Gasteiger partial charge in [-0.3, -0.25) is 14.4 Å². The second-order valence-electron chi connectivity index (χ2n) is 8.90. The molecule has 1 heterocycles. The number of aliphatic imine (C=N–C) groups is 1. The number of Topliss-reactive ketones (excluding diaryl/α,β-unsaturated/α-hetero) is 1. The Morgan fingerprint density at radius 1 is 1.24 bits per heavy atom. The normalized spacial score (nSPS) is 16.2. The number of esters is 1. The Balaban J connectivity index is 1.76. The number of aliphatic hydroxyl groups is 1. The summed E-state index contributed by atoms with van der Waals surface area (Å²) < 4.78 is 5.19. The zero-order chi connectivity index (χ0) is 24.0. The highest BCUT2D eigenvalue weighted by Crippen LogP contribution is 2.28. The Bertz CT molecular complexity index is 908. The molecule has 0 spiro atoms. The van der Waals surface area contributed by atoms with Gasteiger partial charge < -0.3 is 25.4 Å². The van der Waals surface area contributed by atoms with Crippen LogP contribution in [-0.4, -0.2) is 70.4 Å². The molecule has 0 unspecified atom stereocenters. The van der Waals surface area contributed by atoms with Gasteiger partial charge in [-0.1, -0.05) is 19.3 Å². The minimum atomic E-state index is -0.574. The molecule has 1 aromatic carbocycles. The van der Waals surface area contributed by atoms with Crippen LogP contribution in [0.3, 0.4) is 0 Å². The van der Waals surface area contributed by atoms with Crippen LogP contribution in [-0.2, 0) is 20.9 Å². The lowest BCUT2D eigenvalue weighted by atomic mass is 9.93. The van der Waals surface area contributed by atoms with E-state index in [2.05, 4.69) is 4.99 Å². The van der Waals surface area contributed by atoms with Crippen molar-refractivity contribution in [3.8, 4) is 0 Å². The molecule has 1 fully saturated rings. The molecule has 2 aliphatic rings. The molecule has 9 nitrogen and oxygen atoms in total. The highest BCUT2D eigenvalue weighted by Gasteiger charge is 2.31. The van der Waals surface area contributed by atoms with Gasteiger partial charge in [0.1, 0.15) is 6.54 Å². The minimum Gasteiger partial charge on any atom is -0.462 e. The number of hydrogen-bond donors (Lipinski definition) is 2. The SMILES string of the molecule is CC(C)OC(=O)CN1Cc2cc(C(=O)C(=O)N(CCCO)C3CCCCC3)ccc2N=C1N. The lowest BCUT2D eigenvalue weighted by molar-refractivity contribution is -0.147. The van der Waals surface area contributed by atoms with Crippen LogP contribution < -0.4 is 5.73 Å². The molecule has 3 rings (SSSR count). The van der Waals surface area contributed by atoms with E-state index in [1.165, 1.54) is 0 Å². The van der Waals surface area contributed by atoms with E-state index in [0.29, 0.717) is 24.2 Å². The van der Waals surface area contributed by atoms with Crippen molar-refractivity contribution in [2.24, 2.45) is 10.7 Å². The Morgan fingerprint density at radius 3 is 2.64 bits per heavy atom. The molecule has 0 radical (unpaired) electrons. The summed E-state index contributed by atoms with van der Waals surface area (Å²) in [5, 5.41) is 9.26. The highest BCUT2D eigenvalue weighted by atomic mass is 16.5. The Hall–Kier alpha value is -2.94. The number of ketones is 1. The number of hydrogen-bond acceptors (Lipinski definition) is 8. The number of carbonyl (C=O) groups excluding carboxylic acids is 3. The summed E-state index contributed by atoms with van der Waals surface area (Å²) in [5.74, 6) is -1.33. The van der Waals surface area contributed by atoms with Crippen molar-refractivity contribution in [3.63, 3.8) is 0 Å². The first kappa shape index (κ1) is 24.7. The summed E-state index contributed by atoms with van der Waals surface area (Å²) in [6, 6.07) is 4.94. The number of benzene rings is 1. The number of aliphatic hydroxyl groups excluding tert-OH is 1. The van der Waals surface area contributed by atoms with Crippen LogP contribution in [0.25, 0.3) is 0 Å². The van der Waals surface area contributed by atoms with Crippen molar-refractivity contribution in [1.82, 2.24) is 9.80 Å². The molecule has 9 heteroatoms. The molecule has 180 valence electrons. The molecule has 1 aliphatic heterocycles. The fourth-order valence-electron chi connectivity index (χ4n) is 4.37. The average Bonchev–Trinajstić information content (AvgIpc) is 2.79. The van der Waals surface area contributed by atoms with E-state index in [4.69, 9.17) is 10.5 Å². The highest BCUT2D eigenvalue weighted by molar-refractivity contribution is 6.42. The van der Waals surface area contributed by atoms with Gasteiger partial charge in [-0.15, -0.1) is 0 Å². The molecule has 33 heavy (non-hydrogen) atoms. The minimum absolute atomic E-state index is 0.0297. The maximum Gasteiger partial charge on any atom is 0.325 e. The van der Waals surface area contributed by atoms with Gasteiger partial charge in [0.15, 0.2) is 5.96 Å². The number of rotatable bonds is 9. The summed E-state index contributed by atoms with van der Waals surface area (Å²) in [7, 11) is 0. The Labute approximate surface area is 194 Å². The molecule has 1 aliphatic carbocycles. The third-order valence-electron chi connectivity index (χ3n) is 5.98. The third kappa shape index (κ3) is 6.31. The number of carbonyl (C=O) groups is 3. The van der Waals surface area contributed by atoms with E-state index in [1.807, 2.05) is 0 Å². The van der Waals surface area contributed by atoms with Crippen LogP contribution in [0.1, 0.15) is 68.3 Å². The van der Waals surface area contributed by atoms with Crippen molar-refractivity contribution in [3.05, 3.63) is 29.3 Å². The molecule has 0 saturated heterocycles. The summed E-state index contributed by atoms with van der Waals surface area (Å²) in [4.78, 5) is 45.9. The van der Waals surface area contributed by atoms with Gasteiger partial charge in [0.25, 0.3) is 5.91 Å². The fraction of sp³-hybridized carbons (Fsp3) is 0.583. The number of ether oxygens (including phenoxy) is 1. The molecule has 0 aromatic heterocycles. The first-order valence-electron chi connectivity index (χ1n) is 11.7. The van der Waals surface area contributed by atoms with E-state index < -0.39 is 17.7 Å². The molecule has 3 N–H and O–H groups in total. The summed E-state index contributed by atoms with van der Waals surface area (Å²) in [6.45, 7) is 4.10. The van der Waals surface area contributed by atoms with Crippen molar-refractivity contribution in [2.45, 2.75) is 71.1 Å². The van der Waals surface area contributed by atoms with E-state index in [-0.39, 0.29) is 43.4 Å². The Kier molecular flexibility index (Phi) is 8.43. The van der Waals surface area contributed by atoms with Crippen molar-refractivity contribution in [1.29, 1.82) is 0 Å². The van der Waals surface area contributed by atoms with Gasteiger partial charge in [-0.05, 0) is 56.9 Å². The van der Waals surface area contributed by atoms with Gasteiger partial charge in [0, 0.05) is 31.3 Å². The molecule has 0 atom stereocenters. The van der Waals surface area contributed by atoms with Gasteiger partial charge >= 0.3 is 5.97 Å².